The molecule has 0 radical (unpaired) electrons. The molecule has 0 atom stereocenters. The van der Waals surface area contributed by atoms with Crippen LogP contribution in [-0.4, -0.2) is 10.9 Å². The van der Waals surface area contributed by atoms with E-state index in [1.807, 2.05) is 30.3 Å². The van der Waals surface area contributed by atoms with E-state index in [0.29, 0.717) is 10.7 Å². The number of aromatic nitrogens is 1. The topological polar surface area (TPSA) is 54.0 Å². The Morgan fingerprint density at radius 2 is 1.82 bits per heavy atom. The molecule has 3 rings (SSSR count). The van der Waals surface area contributed by atoms with Crippen LogP contribution in [0.4, 0.5) is 20.8 Å². The van der Waals surface area contributed by atoms with Crippen LogP contribution in [0.15, 0.2) is 60.1 Å². The van der Waals surface area contributed by atoms with Crippen LogP contribution in [0.3, 0.4) is 0 Å². The second-order valence-corrected chi connectivity index (χ2v) is 5.34. The van der Waals surface area contributed by atoms with Crippen molar-refractivity contribution in [3.63, 3.8) is 0 Å². The largest absolute Gasteiger partial charge is 0.345 e. The molecule has 0 aliphatic rings. The van der Waals surface area contributed by atoms with Gasteiger partial charge in [0.15, 0.2) is 5.69 Å². The zero-order chi connectivity index (χ0) is 15.4. The van der Waals surface area contributed by atoms with Gasteiger partial charge in [-0.15, -0.1) is 11.3 Å². The van der Waals surface area contributed by atoms with Crippen molar-refractivity contribution < 1.29 is 9.18 Å². The first kappa shape index (κ1) is 14.2. The number of halogens is 1. The number of amides is 1. The number of carbonyl (C=O) groups excluding carboxylic acids is 1. The van der Waals surface area contributed by atoms with Gasteiger partial charge in [0.05, 0.1) is 5.51 Å². The Labute approximate surface area is 130 Å². The molecule has 0 bridgehead atoms. The van der Waals surface area contributed by atoms with Gasteiger partial charge in [0, 0.05) is 11.4 Å². The first-order valence-corrected chi connectivity index (χ1v) is 7.43. The molecule has 0 saturated heterocycles. The minimum atomic E-state index is -0.404. The molecule has 1 amide bonds. The van der Waals surface area contributed by atoms with Gasteiger partial charge in [-0.25, -0.2) is 9.37 Å². The quantitative estimate of drug-likeness (QED) is 0.756. The molecule has 3 aromatic rings. The van der Waals surface area contributed by atoms with Crippen LogP contribution >= 0.6 is 11.3 Å². The van der Waals surface area contributed by atoms with Gasteiger partial charge < -0.3 is 10.6 Å². The van der Waals surface area contributed by atoms with Crippen LogP contribution in [0.25, 0.3) is 0 Å². The van der Waals surface area contributed by atoms with Gasteiger partial charge in [0.2, 0.25) is 0 Å². The third kappa shape index (κ3) is 3.29. The minimum absolute atomic E-state index is 0.276. The summed E-state index contributed by atoms with van der Waals surface area (Å²) in [6.45, 7) is 0. The Hall–Kier alpha value is -2.73. The van der Waals surface area contributed by atoms with Crippen LogP contribution in [0.5, 0.6) is 0 Å². The zero-order valence-electron chi connectivity index (χ0n) is 11.4. The number of thiazole rings is 1. The summed E-state index contributed by atoms with van der Waals surface area (Å²) in [6, 6.07) is 15.2. The van der Waals surface area contributed by atoms with Crippen molar-refractivity contribution in [3.8, 4) is 0 Å². The summed E-state index contributed by atoms with van der Waals surface area (Å²) in [4.78, 5) is 16.3. The summed E-state index contributed by atoms with van der Waals surface area (Å²) in [5.41, 5.74) is 3.12. The second kappa shape index (κ2) is 6.36. The summed E-state index contributed by atoms with van der Waals surface area (Å²) in [5, 5.41) is 6.43. The molecule has 0 spiro atoms. The summed E-state index contributed by atoms with van der Waals surface area (Å²) in [6.07, 6.45) is 0. The molecule has 0 aliphatic heterocycles. The molecule has 1 heterocycles. The lowest BCUT2D eigenvalue weighted by Crippen LogP contribution is -2.13. The molecular formula is C16H12FN3OS. The second-order valence-electron chi connectivity index (χ2n) is 4.49. The molecule has 0 unspecified atom stereocenters. The van der Waals surface area contributed by atoms with Crippen molar-refractivity contribution >= 4 is 33.6 Å². The van der Waals surface area contributed by atoms with Gasteiger partial charge in [-0.05, 0) is 30.3 Å². The fourth-order valence-electron chi connectivity index (χ4n) is 1.91. The van der Waals surface area contributed by atoms with E-state index in [2.05, 4.69) is 15.6 Å². The number of rotatable bonds is 4. The summed E-state index contributed by atoms with van der Waals surface area (Å²) >= 11 is 1.33. The molecule has 22 heavy (non-hydrogen) atoms. The fraction of sp³-hybridized carbons (Fsp3) is 0. The van der Waals surface area contributed by atoms with Crippen LogP contribution in [0.2, 0.25) is 0 Å². The fourth-order valence-corrected chi connectivity index (χ4v) is 2.60. The number of hydrogen-bond donors (Lipinski definition) is 2. The van der Waals surface area contributed by atoms with E-state index in [0.717, 1.165) is 5.69 Å². The number of benzene rings is 2. The molecule has 6 heteroatoms. The Bertz CT molecular complexity index is 789. The minimum Gasteiger partial charge on any atom is -0.345 e. The highest BCUT2D eigenvalue weighted by atomic mass is 32.1. The Balaban J connectivity index is 1.78. The smallest absolute Gasteiger partial charge is 0.277 e. The predicted octanol–water partition coefficient (Wildman–Crippen LogP) is 4.28. The highest BCUT2D eigenvalue weighted by molar-refractivity contribution is 7.14. The number of para-hydroxylation sites is 1. The third-order valence-electron chi connectivity index (χ3n) is 2.90. The maximum absolute atomic E-state index is 13.1. The van der Waals surface area contributed by atoms with Gasteiger partial charge in [-0.3, -0.25) is 4.79 Å². The van der Waals surface area contributed by atoms with Crippen molar-refractivity contribution in [2.24, 2.45) is 0 Å². The molecule has 1 aromatic heterocycles. The third-order valence-corrected chi connectivity index (χ3v) is 3.64. The number of nitrogens with zero attached hydrogens (tertiary/aromatic N) is 1. The van der Waals surface area contributed by atoms with Crippen LogP contribution < -0.4 is 10.6 Å². The highest BCUT2D eigenvalue weighted by Crippen LogP contribution is 2.25. The molecule has 0 saturated carbocycles. The van der Waals surface area contributed by atoms with E-state index in [9.17, 15) is 9.18 Å². The van der Waals surface area contributed by atoms with Gasteiger partial charge in [0.1, 0.15) is 10.8 Å². The van der Waals surface area contributed by atoms with E-state index in [4.69, 9.17) is 0 Å². The van der Waals surface area contributed by atoms with E-state index in [1.165, 1.54) is 29.5 Å². The molecule has 0 fully saturated rings. The molecule has 0 aliphatic carbocycles. The monoisotopic (exact) mass is 313 g/mol. The van der Waals surface area contributed by atoms with Crippen molar-refractivity contribution in [3.05, 3.63) is 71.6 Å². The average Bonchev–Trinajstić information content (AvgIpc) is 2.96. The summed E-state index contributed by atoms with van der Waals surface area (Å²) < 4.78 is 13.1. The van der Waals surface area contributed by atoms with E-state index >= 15 is 0 Å². The van der Waals surface area contributed by atoms with Crippen LogP contribution in [0, 0.1) is 5.82 Å². The number of anilines is 3. The molecule has 110 valence electrons. The molecule has 2 aromatic carbocycles. The highest BCUT2D eigenvalue weighted by Gasteiger charge is 2.15. The summed E-state index contributed by atoms with van der Waals surface area (Å²) in [5.74, 6) is -0.788. The lowest BCUT2D eigenvalue weighted by molar-refractivity contribution is 0.102. The molecule has 4 nitrogen and oxygen atoms in total. The van der Waals surface area contributed by atoms with Gasteiger partial charge in [0.25, 0.3) is 5.91 Å². The summed E-state index contributed by atoms with van der Waals surface area (Å²) in [7, 11) is 0. The Morgan fingerprint density at radius 3 is 2.59 bits per heavy atom. The number of hydrogen-bond acceptors (Lipinski definition) is 4. The zero-order valence-corrected chi connectivity index (χ0v) is 12.2. The van der Waals surface area contributed by atoms with Crippen molar-refractivity contribution in [2.75, 3.05) is 10.6 Å². The van der Waals surface area contributed by atoms with Crippen molar-refractivity contribution in [1.82, 2.24) is 4.98 Å². The van der Waals surface area contributed by atoms with E-state index in [-0.39, 0.29) is 11.6 Å². The first-order chi connectivity index (χ1) is 10.7. The maximum Gasteiger partial charge on any atom is 0.277 e. The maximum atomic E-state index is 13.1. The average molecular weight is 313 g/mol. The van der Waals surface area contributed by atoms with Crippen LogP contribution in [0.1, 0.15) is 10.5 Å². The SMILES string of the molecule is O=C(Nc1cccc(F)c1)c1ncsc1Nc1ccccc1. The lowest BCUT2D eigenvalue weighted by Gasteiger charge is -2.07. The standard InChI is InChI=1S/C16H12FN3OS/c17-11-5-4-8-13(9-11)19-15(21)14-16(22-10-18-14)20-12-6-2-1-3-7-12/h1-10,20H,(H,19,21). The van der Waals surface area contributed by atoms with Gasteiger partial charge in [-0.1, -0.05) is 24.3 Å². The number of carbonyl (C=O) groups is 1. The first-order valence-electron chi connectivity index (χ1n) is 6.55. The van der Waals surface area contributed by atoms with Gasteiger partial charge >= 0.3 is 0 Å². The predicted molar refractivity (Wildman–Crippen MR) is 86.2 cm³/mol. The molecule has 2 N–H and O–H groups in total. The molecular weight excluding hydrogens is 301 g/mol. The van der Waals surface area contributed by atoms with E-state index in [1.54, 1.807) is 11.6 Å². The van der Waals surface area contributed by atoms with Crippen molar-refractivity contribution in [2.45, 2.75) is 0 Å². The van der Waals surface area contributed by atoms with Gasteiger partial charge in [-0.2, -0.15) is 0 Å². The Morgan fingerprint density at radius 1 is 1.05 bits per heavy atom. The van der Waals surface area contributed by atoms with E-state index < -0.39 is 5.82 Å². The number of nitrogens with one attached hydrogen (secondary N) is 2. The normalized spacial score (nSPS) is 10.2. The van der Waals surface area contributed by atoms with Crippen molar-refractivity contribution in [1.29, 1.82) is 0 Å². The van der Waals surface area contributed by atoms with Crippen LogP contribution in [-0.2, 0) is 0 Å². The lowest BCUT2D eigenvalue weighted by atomic mass is 10.3. The Kier molecular flexibility index (Phi) is 4.11.